The summed E-state index contributed by atoms with van der Waals surface area (Å²) in [5, 5.41) is 0.0238. The van der Waals surface area contributed by atoms with Gasteiger partial charge in [0, 0.05) is 22.5 Å². The second-order valence-corrected chi connectivity index (χ2v) is 5.78. The number of rotatable bonds is 3. The smallest absolute Gasteiger partial charge is 0.148 e. The SMILES string of the molecule is CCC(C)S(=O)C1CCCCC1=O. The van der Waals surface area contributed by atoms with Crippen LogP contribution in [-0.2, 0) is 15.6 Å². The van der Waals surface area contributed by atoms with Crippen LogP contribution in [0, 0.1) is 0 Å². The molecule has 1 aliphatic rings. The van der Waals surface area contributed by atoms with Crippen molar-refractivity contribution < 1.29 is 9.00 Å². The summed E-state index contributed by atoms with van der Waals surface area (Å²) in [7, 11) is -0.931. The van der Waals surface area contributed by atoms with E-state index in [0.717, 1.165) is 25.7 Å². The van der Waals surface area contributed by atoms with Crippen molar-refractivity contribution in [3.05, 3.63) is 0 Å². The standard InChI is InChI=1S/C10H18O2S/c1-3-8(2)13(12)10-7-5-4-6-9(10)11/h8,10H,3-7H2,1-2H3. The zero-order chi connectivity index (χ0) is 9.84. The summed E-state index contributed by atoms with van der Waals surface area (Å²) >= 11 is 0. The first-order valence-corrected chi connectivity index (χ1v) is 6.36. The van der Waals surface area contributed by atoms with E-state index in [1.807, 2.05) is 13.8 Å². The van der Waals surface area contributed by atoms with E-state index in [-0.39, 0.29) is 16.3 Å². The van der Waals surface area contributed by atoms with Crippen molar-refractivity contribution in [2.24, 2.45) is 0 Å². The third-order valence-electron chi connectivity index (χ3n) is 2.75. The fraction of sp³-hybridized carbons (Fsp3) is 0.900. The normalized spacial score (nSPS) is 28.5. The van der Waals surface area contributed by atoms with Gasteiger partial charge in [0.25, 0.3) is 0 Å². The molecule has 0 aromatic carbocycles. The van der Waals surface area contributed by atoms with E-state index in [0.29, 0.717) is 6.42 Å². The molecule has 1 rings (SSSR count). The van der Waals surface area contributed by atoms with Gasteiger partial charge in [-0.15, -0.1) is 0 Å². The second-order valence-electron chi connectivity index (χ2n) is 3.75. The maximum Gasteiger partial charge on any atom is 0.148 e. The molecule has 1 fully saturated rings. The van der Waals surface area contributed by atoms with Gasteiger partial charge in [0.1, 0.15) is 5.78 Å². The molecule has 1 aliphatic carbocycles. The number of carbonyl (C=O) groups excluding carboxylic acids is 1. The minimum Gasteiger partial charge on any atom is -0.298 e. The number of hydrogen-bond acceptors (Lipinski definition) is 2. The van der Waals surface area contributed by atoms with Crippen molar-refractivity contribution in [2.75, 3.05) is 0 Å². The number of carbonyl (C=O) groups is 1. The van der Waals surface area contributed by atoms with Crippen LogP contribution in [0.4, 0.5) is 0 Å². The van der Waals surface area contributed by atoms with Crippen molar-refractivity contribution >= 4 is 16.6 Å². The Bertz CT molecular complexity index is 213. The molecule has 3 unspecified atom stereocenters. The molecule has 3 atom stereocenters. The minimum absolute atomic E-state index is 0.149. The fourth-order valence-corrected chi connectivity index (χ4v) is 3.31. The largest absolute Gasteiger partial charge is 0.298 e. The van der Waals surface area contributed by atoms with Crippen molar-refractivity contribution in [3.63, 3.8) is 0 Å². The summed E-state index contributed by atoms with van der Waals surface area (Å²) in [6, 6.07) is 0. The number of ketones is 1. The summed E-state index contributed by atoms with van der Waals surface area (Å²) in [6.45, 7) is 3.99. The third-order valence-corrected chi connectivity index (χ3v) is 4.94. The van der Waals surface area contributed by atoms with Crippen LogP contribution in [0.5, 0.6) is 0 Å². The molecule has 0 heterocycles. The summed E-state index contributed by atoms with van der Waals surface area (Å²) < 4.78 is 11.8. The Morgan fingerprint density at radius 2 is 2.23 bits per heavy atom. The monoisotopic (exact) mass is 202 g/mol. The van der Waals surface area contributed by atoms with E-state index in [2.05, 4.69) is 0 Å². The maximum absolute atomic E-state index is 11.8. The molecule has 0 aromatic heterocycles. The predicted molar refractivity (Wildman–Crippen MR) is 55.2 cm³/mol. The highest BCUT2D eigenvalue weighted by atomic mass is 32.2. The van der Waals surface area contributed by atoms with Crippen molar-refractivity contribution in [1.82, 2.24) is 0 Å². The molecule has 0 aliphatic heterocycles. The van der Waals surface area contributed by atoms with E-state index >= 15 is 0 Å². The Kier molecular flexibility index (Phi) is 4.10. The first kappa shape index (κ1) is 10.9. The number of Topliss-reactive ketones (excluding diaryl/α,β-unsaturated/α-hetero) is 1. The predicted octanol–water partition coefficient (Wildman–Crippen LogP) is 2.05. The highest BCUT2D eigenvalue weighted by Gasteiger charge is 2.29. The molecular weight excluding hydrogens is 184 g/mol. The highest BCUT2D eigenvalue weighted by Crippen LogP contribution is 2.21. The lowest BCUT2D eigenvalue weighted by Gasteiger charge is -2.22. The van der Waals surface area contributed by atoms with Gasteiger partial charge in [-0.05, 0) is 19.3 Å². The molecule has 13 heavy (non-hydrogen) atoms. The zero-order valence-corrected chi connectivity index (χ0v) is 9.23. The lowest BCUT2D eigenvalue weighted by atomic mass is 9.99. The molecule has 0 aromatic rings. The number of hydrogen-bond donors (Lipinski definition) is 0. The molecule has 2 nitrogen and oxygen atoms in total. The summed E-state index contributed by atoms with van der Waals surface area (Å²) in [6.07, 6.45) is 4.45. The van der Waals surface area contributed by atoms with Crippen LogP contribution < -0.4 is 0 Å². The average molecular weight is 202 g/mol. The van der Waals surface area contributed by atoms with Crippen LogP contribution in [0.1, 0.15) is 46.0 Å². The highest BCUT2D eigenvalue weighted by molar-refractivity contribution is 7.87. The lowest BCUT2D eigenvalue weighted by Crippen LogP contribution is -2.33. The van der Waals surface area contributed by atoms with Crippen LogP contribution in [0.25, 0.3) is 0 Å². The second kappa shape index (κ2) is 4.89. The van der Waals surface area contributed by atoms with Gasteiger partial charge in [0.2, 0.25) is 0 Å². The Morgan fingerprint density at radius 1 is 1.54 bits per heavy atom. The van der Waals surface area contributed by atoms with E-state index in [1.165, 1.54) is 0 Å². The molecular formula is C10H18O2S. The molecule has 76 valence electrons. The molecule has 0 spiro atoms. The fourth-order valence-electron chi connectivity index (χ4n) is 1.64. The zero-order valence-electron chi connectivity index (χ0n) is 8.41. The van der Waals surface area contributed by atoms with Gasteiger partial charge < -0.3 is 0 Å². The Hall–Kier alpha value is -0.180. The third kappa shape index (κ3) is 2.63. The van der Waals surface area contributed by atoms with Gasteiger partial charge in [-0.25, -0.2) is 0 Å². The van der Waals surface area contributed by atoms with Gasteiger partial charge in [-0.3, -0.25) is 9.00 Å². The van der Waals surface area contributed by atoms with Crippen LogP contribution >= 0.6 is 0 Å². The molecule has 0 bridgehead atoms. The molecule has 0 radical (unpaired) electrons. The molecule has 0 saturated heterocycles. The van der Waals surface area contributed by atoms with Gasteiger partial charge in [-0.1, -0.05) is 20.3 Å². The van der Waals surface area contributed by atoms with Gasteiger partial charge in [0.15, 0.2) is 0 Å². The van der Waals surface area contributed by atoms with Crippen LogP contribution in [0.15, 0.2) is 0 Å². The molecule has 1 saturated carbocycles. The summed E-state index contributed by atoms with van der Waals surface area (Å²) in [4.78, 5) is 11.5. The lowest BCUT2D eigenvalue weighted by molar-refractivity contribution is -0.119. The molecule has 3 heteroatoms. The van der Waals surface area contributed by atoms with E-state index in [4.69, 9.17) is 0 Å². The van der Waals surface area contributed by atoms with Crippen molar-refractivity contribution in [3.8, 4) is 0 Å². The van der Waals surface area contributed by atoms with Crippen molar-refractivity contribution in [1.29, 1.82) is 0 Å². The van der Waals surface area contributed by atoms with Gasteiger partial charge >= 0.3 is 0 Å². The maximum atomic E-state index is 11.8. The molecule has 0 amide bonds. The Labute approximate surface area is 82.6 Å². The van der Waals surface area contributed by atoms with Crippen LogP contribution in [0.2, 0.25) is 0 Å². The quantitative estimate of drug-likeness (QED) is 0.702. The summed E-state index contributed by atoms with van der Waals surface area (Å²) in [5.41, 5.74) is 0. The first-order chi connectivity index (χ1) is 6.16. The van der Waals surface area contributed by atoms with E-state index in [9.17, 15) is 9.00 Å². The van der Waals surface area contributed by atoms with Gasteiger partial charge in [-0.2, -0.15) is 0 Å². The summed E-state index contributed by atoms with van der Waals surface area (Å²) in [5.74, 6) is 0.227. The van der Waals surface area contributed by atoms with Crippen LogP contribution in [-0.4, -0.2) is 20.5 Å². The minimum atomic E-state index is -0.931. The first-order valence-electron chi connectivity index (χ1n) is 5.09. The van der Waals surface area contributed by atoms with E-state index in [1.54, 1.807) is 0 Å². The van der Waals surface area contributed by atoms with Crippen LogP contribution in [0.3, 0.4) is 0 Å². The van der Waals surface area contributed by atoms with E-state index < -0.39 is 10.8 Å². The van der Waals surface area contributed by atoms with Crippen molar-refractivity contribution in [2.45, 2.75) is 56.5 Å². The average Bonchev–Trinajstić information content (AvgIpc) is 2.16. The molecule has 0 N–H and O–H groups in total. The Balaban J connectivity index is 2.58. The van der Waals surface area contributed by atoms with Gasteiger partial charge in [0.05, 0.1) is 5.25 Å². The topological polar surface area (TPSA) is 34.1 Å². The Morgan fingerprint density at radius 3 is 2.77 bits per heavy atom.